The van der Waals surface area contributed by atoms with Crippen LogP contribution >= 0.6 is 0 Å². The average molecular weight is 310 g/mol. The zero-order valence-corrected chi connectivity index (χ0v) is 13.1. The van der Waals surface area contributed by atoms with Gasteiger partial charge in [-0.2, -0.15) is 0 Å². The summed E-state index contributed by atoms with van der Waals surface area (Å²) in [5, 5.41) is 2.58. The van der Waals surface area contributed by atoms with Crippen molar-refractivity contribution in [2.45, 2.75) is 13.5 Å². The normalized spacial score (nSPS) is 9.48. The van der Waals surface area contributed by atoms with Gasteiger partial charge in [-0.25, -0.2) is 9.78 Å². The van der Waals surface area contributed by atoms with E-state index in [2.05, 4.69) is 22.1 Å². The number of methoxy groups -OCH3 is 1. The topological polar surface area (TPSA) is 60.5 Å². The van der Waals surface area contributed by atoms with Crippen molar-refractivity contribution in [2.24, 2.45) is 0 Å². The number of hydrogen-bond acceptors (Lipinski definition) is 4. The van der Waals surface area contributed by atoms with Crippen LogP contribution < -0.4 is 10.1 Å². The van der Waals surface area contributed by atoms with Gasteiger partial charge in [-0.15, -0.1) is 0 Å². The minimum absolute atomic E-state index is 0.207. The Morgan fingerprint density at radius 2 is 2.09 bits per heavy atom. The Morgan fingerprint density at radius 3 is 2.78 bits per heavy atom. The minimum atomic E-state index is -0.493. The van der Waals surface area contributed by atoms with E-state index in [0.717, 1.165) is 16.7 Å². The van der Waals surface area contributed by atoms with Gasteiger partial charge in [-0.1, -0.05) is 42.2 Å². The summed E-state index contributed by atoms with van der Waals surface area (Å²) in [6.45, 7) is 2.34. The van der Waals surface area contributed by atoms with Crippen molar-refractivity contribution in [1.82, 2.24) is 10.3 Å². The molecule has 5 nitrogen and oxygen atoms in total. The summed E-state index contributed by atoms with van der Waals surface area (Å²) in [6.07, 6.45) is 1.14. The maximum Gasteiger partial charge on any atom is 0.408 e. The third-order valence-corrected chi connectivity index (χ3v) is 2.99. The molecular formula is C18H18N2O3. The summed E-state index contributed by atoms with van der Waals surface area (Å²) in [7, 11) is 1.58. The Morgan fingerprint density at radius 1 is 1.30 bits per heavy atom. The standard InChI is InChI=1S/C18H18N2O3/c1-14-11-16(12-20-17(14)22-2)9-6-10-19-18(21)23-13-15-7-4-3-5-8-15/h3-5,7-8,11-12H,10,13H2,1-2H3,(H,19,21). The number of aromatic nitrogens is 1. The van der Waals surface area contributed by atoms with E-state index in [-0.39, 0.29) is 13.2 Å². The molecule has 0 aliphatic rings. The smallest absolute Gasteiger partial charge is 0.408 e. The summed E-state index contributed by atoms with van der Waals surface area (Å²) < 4.78 is 10.2. The van der Waals surface area contributed by atoms with E-state index in [4.69, 9.17) is 9.47 Å². The fraction of sp³-hybridized carbons (Fsp3) is 0.222. The lowest BCUT2D eigenvalue weighted by atomic mass is 10.2. The predicted molar refractivity (Wildman–Crippen MR) is 87.0 cm³/mol. The fourth-order valence-electron chi connectivity index (χ4n) is 1.88. The van der Waals surface area contributed by atoms with E-state index in [1.54, 1.807) is 13.3 Å². The number of alkyl carbamates (subject to hydrolysis) is 1. The van der Waals surface area contributed by atoms with Crippen molar-refractivity contribution in [3.63, 3.8) is 0 Å². The SMILES string of the molecule is COc1ncc(C#CCNC(=O)OCc2ccccc2)cc1C. The van der Waals surface area contributed by atoms with Crippen LogP contribution in [0, 0.1) is 18.8 Å². The lowest BCUT2D eigenvalue weighted by molar-refractivity contribution is 0.141. The van der Waals surface area contributed by atoms with Crippen LogP contribution in [0.15, 0.2) is 42.6 Å². The summed E-state index contributed by atoms with van der Waals surface area (Å²) in [6, 6.07) is 11.4. The highest BCUT2D eigenvalue weighted by atomic mass is 16.5. The molecule has 5 heteroatoms. The molecule has 0 saturated heterocycles. The number of pyridine rings is 1. The van der Waals surface area contributed by atoms with Crippen LogP contribution in [0.3, 0.4) is 0 Å². The number of nitrogens with one attached hydrogen (secondary N) is 1. The van der Waals surface area contributed by atoms with Gasteiger partial charge in [0.2, 0.25) is 5.88 Å². The number of benzene rings is 1. The Bertz CT molecular complexity index is 718. The van der Waals surface area contributed by atoms with E-state index in [1.807, 2.05) is 43.3 Å². The molecule has 2 aromatic rings. The lowest BCUT2D eigenvalue weighted by Crippen LogP contribution is -2.24. The van der Waals surface area contributed by atoms with Gasteiger partial charge in [0.15, 0.2) is 0 Å². The number of nitrogens with zero attached hydrogens (tertiary/aromatic N) is 1. The largest absolute Gasteiger partial charge is 0.481 e. The summed E-state index contributed by atoms with van der Waals surface area (Å²) >= 11 is 0. The third kappa shape index (κ3) is 5.36. The quantitative estimate of drug-likeness (QED) is 0.882. The van der Waals surface area contributed by atoms with Gasteiger partial charge in [0.05, 0.1) is 13.7 Å². The predicted octanol–water partition coefficient (Wildman–Crippen LogP) is 2.68. The van der Waals surface area contributed by atoms with Crippen molar-refractivity contribution in [1.29, 1.82) is 0 Å². The lowest BCUT2D eigenvalue weighted by Gasteiger charge is -2.04. The molecule has 1 aromatic carbocycles. The number of ether oxygens (including phenoxy) is 2. The van der Waals surface area contributed by atoms with Crippen molar-refractivity contribution in [3.8, 4) is 17.7 Å². The van der Waals surface area contributed by atoms with Gasteiger partial charge in [-0.3, -0.25) is 0 Å². The zero-order chi connectivity index (χ0) is 16.5. The highest BCUT2D eigenvalue weighted by Gasteiger charge is 2.01. The van der Waals surface area contributed by atoms with Crippen molar-refractivity contribution < 1.29 is 14.3 Å². The van der Waals surface area contributed by atoms with E-state index >= 15 is 0 Å². The number of aryl methyl sites for hydroxylation is 1. The Balaban J connectivity index is 1.76. The number of carbonyl (C=O) groups excluding carboxylic acids is 1. The van der Waals surface area contributed by atoms with Crippen LogP contribution in [0.4, 0.5) is 4.79 Å². The number of hydrogen-bond donors (Lipinski definition) is 1. The Kier molecular flexibility index (Phi) is 6.01. The summed E-state index contributed by atoms with van der Waals surface area (Å²) in [4.78, 5) is 15.7. The molecule has 0 saturated carbocycles. The number of amides is 1. The zero-order valence-electron chi connectivity index (χ0n) is 13.1. The van der Waals surface area contributed by atoms with Gasteiger partial charge >= 0.3 is 6.09 Å². The molecule has 1 heterocycles. The second-order valence-corrected chi connectivity index (χ2v) is 4.77. The summed E-state index contributed by atoms with van der Waals surface area (Å²) in [5.41, 5.74) is 2.62. The van der Waals surface area contributed by atoms with Crippen LogP contribution in [0.5, 0.6) is 5.88 Å². The molecular weight excluding hydrogens is 292 g/mol. The molecule has 0 fully saturated rings. The van der Waals surface area contributed by atoms with Gasteiger partial charge < -0.3 is 14.8 Å². The second kappa shape index (κ2) is 8.44. The first kappa shape index (κ1) is 16.4. The monoisotopic (exact) mass is 310 g/mol. The van der Waals surface area contributed by atoms with Gasteiger partial charge in [0.25, 0.3) is 0 Å². The van der Waals surface area contributed by atoms with E-state index in [9.17, 15) is 4.79 Å². The first-order valence-electron chi connectivity index (χ1n) is 7.13. The number of carbonyl (C=O) groups is 1. The van der Waals surface area contributed by atoms with Gasteiger partial charge in [0.1, 0.15) is 6.61 Å². The maximum absolute atomic E-state index is 11.5. The molecule has 0 radical (unpaired) electrons. The molecule has 0 unspecified atom stereocenters. The van der Waals surface area contributed by atoms with Crippen LogP contribution in [-0.4, -0.2) is 24.7 Å². The highest BCUT2D eigenvalue weighted by Crippen LogP contribution is 2.13. The first-order valence-corrected chi connectivity index (χ1v) is 7.13. The molecule has 1 N–H and O–H groups in total. The molecule has 2 rings (SSSR count). The van der Waals surface area contributed by atoms with Crippen molar-refractivity contribution in [2.75, 3.05) is 13.7 Å². The molecule has 0 bridgehead atoms. The summed E-state index contributed by atoms with van der Waals surface area (Å²) in [5.74, 6) is 6.36. The Labute approximate surface area is 135 Å². The first-order chi connectivity index (χ1) is 11.2. The molecule has 118 valence electrons. The van der Waals surface area contributed by atoms with E-state index < -0.39 is 6.09 Å². The van der Waals surface area contributed by atoms with E-state index in [0.29, 0.717) is 5.88 Å². The molecule has 0 atom stereocenters. The molecule has 0 spiro atoms. The Hall–Kier alpha value is -3.00. The average Bonchev–Trinajstić information content (AvgIpc) is 2.58. The maximum atomic E-state index is 11.5. The van der Waals surface area contributed by atoms with Crippen LogP contribution in [0.1, 0.15) is 16.7 Å². The van der Waals surface area contributed by atoms with Gasteiger partial charge in [0, 0.05) is 17.3 Å². The molecule has 23 heavy (non-hydrogen) atoms. The minimum Gasteiger partial charge on any atom is -0.481 e. The third-order valence-electron chi connectivity index (χ3n) is 2.99. The van der Waals surface area contributed by atoms with E-state index in [1.165, 1.54) is 0 Å². The fourth-order valence-corrected chi connectivity index (χ4v) is 1.88. The van der Waals surface area contributed by atoms with Crippen LogP contribution in [0.25, 0.3) is 0 Å². The number of rotatable bonds is 4. The highest BCUT2D eigenvalue weighted by molar-refractivity contribution is 5.67. The van der Waals surface area contributed by atoms with Crippen LogP contribution in [0.2, 0.25) is 0 Å². The van der Waals surface area contributed by atoms with Crippen molar-refractivity contribution >= 4 is 6.09 Å². The molecule has 0 aliphatic heterocycles. The molecule has 1 amide bonds. The second-order valence-electron chi connectivity index (χ2n) is 4.77. The molecule has 1 aromatic heterocycles. The molecule has 0 aliphatic carbocycles. The van der Waals surface area contributed by atoms with Crippen LogP contribution in [-0.2, 0) is 11.3 Å². The van der Waals surface area contributed by atoms with Crippen molar-refractivity contribution in [3.05, 3.63) is 59.3 Å². The van der Waals surface area contributed by atoms with Gasteiger partial charge in [-0.05, 0) is 18.6 Å².